The van der Waals surface area contributed by atoms with Crippen molar-refractivity contribution >= 4 is 35.9 Å². The van der Waals surface area contributed by atoms with Gasteiger partial charge in [0.25, 0.3) is 0 Å². The standard InChI is InChI=1S/C25H42N4O10/c1-18(2)21(31)6-5-20(25(38)39)29-13-9-26(16-22(32)33)7-11-28(19(24(36)37)4-3-15-30)12-8-27(10-14-29)17-23(34)35/h15,18-20H,3-14,16-17H2,1-2H3,(H,32,33)(H,34,35)(H,36,37)(H,38,39). The summed E-state index contributed by atoms with van der Waals surface area (Å²) in [6, 6.07) is -2.03. The second kappa shape index (κ2) is 17.6. The SMILES string of the molecule is CC(C)C(=O)CCC(C(=O)O)N1CCN(CC(=O)O)CCN(C(CCC=O)C(=O)O)CCN(CC(=O)O)CC1. The summed E-state index contributed by atoms with van der Waals surface area (Å²) in [4.78, 5) is 76.7. The number of carbonyl (C=O) groups is 6. The summed E-state index contributed by atoms with van der Waals surface area (Å²) in [5.74, 6) is -4.77. The van der Waals surface area contributed by atoms with Gasteiger partial charge in [0.05, 0.1) is 13.1 Å². The van der Waals surface area contributed by atoms with E-state index in [4.69, 9.17) is 0 Å². The summed E-state index contributed by atoms with van der Waals surface area (Å²) in [6.45, 7) is 4.01. The summed E-state index contributed by atoms with van der Waals surface area (Å²) in [5.41, 5.74) is 0. The Labute approximate surface area is 228 Å². The van der Waals surface area contributed by atoms with Gasteiger partial charge in [-0.2, -0.15) is 0 Å². The van der Waals surface area contributed by atoms with Crippen molar-refractivity contribution in [2.24, 2.45) is 5.92 Å². The first kappa shape index (κ1) is 34.1. The molecule has 2 atom stereocenters. The number of carboxylic acids is 4. The number of aldehydes is 1. The highest BCUT2D eigenvalue weighted by atomic mass is 16.4. The van der Waals surface area contributed by atoms with Crippen LogP contribution in [0.3, 0.4) is 0 Å². The van der Waals surface area contributed by atoms with Crippen molar-refractivity contribution in [2.75, 3.05) is 65.4 Å². The van der Waals surface area contributed by atoms with E-state index in [1.807, 2.05) is 0 Å². The van der Waals surface area contributed by atoms with Gasteiger partial charge in [-0.05, 0) is 12.8 Å². The van der Waals surface area contributed by atoms with Gasteiger partial charge in [0.2, 0.25) is 0 Å². The van der Waals surface area contributed by atoms with Crippen LogP contribution >= 0.6 is 0 Å². The van der Waals surface area contributed by atoms with Gasteiger partial charge in [-0.3, -0.25) is 43.6 Å². The lowest BCUT2D eigenvalue weighted by molar-refractivity contribution is -0.145. The van der Waals surface area contributed by atoms with Gasteiger partial charge in [0.1, 0.15) is 24.2 Å². The number of nitrogens with zero attached hydrogens (tertiary/aromatic N) is 4. The summed E-state index contributed by atoms with van der Waals surface area (Å²) < 4.78 is 0. The highest BCUT2D eigenvalue weighted by Crippen LogP contribution is 2.14. The van der Waals surface area contributed by atoms with Gasteiger partial charge < -0.3 is 25.2 Å². The van der Waals surface area contributed by atoms with Gasteiger partial charge in [-0.25, -0.2) is 0 Å². The van der Waals surface area contributed by atoms with Crippen molar-refractivity contribution in [3.05, 3.63) is 0 Å². The van der Waals surface area contributed by atoms with Crippen molar-refractivity contribution in [1.82, 2.24) is 19.6 Å². The molecule has 39 heavy (non-hydrogen) atoms. The number of hydrogen-bond acceptors (Lipinski definition) is 10. The summed E-state index contributed by atoms with van der Waals surface area (Å²) >= 11 is 0. The highest BCUT2D eigenvalue weighted by molar-refractivity contribution is 5.81. The molecule has 14 nitrogen and oxygen atoms in total. The molecule has 0 bridgehead atoms. The third-order valence-electron chi connectivity index (χ3n) is 6.85. The smallest absolute Gasteiger partial charge is 0.320 e. The van der Waals surface area contributed by atoms with E-state index in [0.717, 1.165) is 0 Å². The molecule has 0 radical (unpaired) electrons. The zero-order chi connectivity index (χ0) is 29.5. The number of hydrogen-bond donors (Lipinski definition) is 4. The van der Waals surface area contributed by atoms with Crippen LogP contribution < -0.4 is 0 Å². The molecule has 0 aromatic carbocycles. The van der Waals surface area contributed by atoms with Crippen LogP contribution in [0.25, 0.3) is 0 Å². The number of ketones is 1. The normalized spacial score (nSPS) is 18.9. The van der Waals surface area contributed by atoms with Crippen molar-refractivity contribution in [2.45, 2.75) is 51.6 Å². The Balaban J connectivity index is 3.26. The number of aliphatic carboxylic acids is 4. The molecule has 1 fully saturated rings. The Morgan fingerprint density at radius 2 is 1.05 bits per heavy atom. The Morgan fingerprint density at radius 1 is 0.667 bits per heavy atom. The molecule has 0 amide bonds. The number of carbonyl (C=O) groups excluding carboxylic acids is 2. The minimum absolute atomic E-state index is 0.0238. The van der Waals surface area contributed by atoms with Gasteiger partial charge in [-0.1, -0.05) is 13.8 Å². The summed E-state index contributed by atoms with van der Waals surface area (Å²) in [5, 5.41) is 38.6. The van der Waals surface area contributed by atoms with Gasteiger partial charge in [0.15, 0.2) is 0 Å². The van der Waals surface area contributed by atoms with Crippen LogP contribution in [0.1, 0.15) is 39.5 Å². The van der Waals surface area contributed by atoms with E-state index in [1.165, 1.54) is 0 Å². The monoisotopic (exact) mass is 558 g/mol. The fourth-order valence-electron chi connectivity index (χ4n) is 4.57. The van der Waals surface area contributed by atoms with E-state index in [9.17, 15) is 49.2 Å². The Morgan fingerprint density at radius 3 is 1.36 bits per heavy atom. The van der Waals surface area contributed by atoms with E-state index in [2.05, 4.69) is 0 Å². The lowest BCUT2D eigenvalue weighted by Gasteiger charge is -2.37. The first-order valence-corrected chi connectivity index (χ1v) is 13.1. The lowest BCUT2D eigenvalue weighted by Crippen LogP contribution is -2.53. The maximum Gasteiger partial charge on any atom is 0.320 e. The van der Waals surface area contributed by atoms with Crippen molar-refractivity contribution in [1.29, 1.82) is 0 Å². The second-order valence-corrected chi connectivity index (χ2v) is 10.0. The van der Waals surface area contributed by atoms with E-state index in [0.29, 0.717) is 6.29 Å². The van der Waals surface area contributed by atoms with Crippen molar-refractivity contribution in [3.63, 3.8) is 0 Å². The van der Waals surface area contributed by atoms with E-state index in [-0.39, 0.29) is 103 Å². The predicted molar refractivity (Wildman–Crippen MR) is 139 cm³/mol. The number of rotatable bonds is 15. The molecule has 1 saturated heterocycles. The first-order chi connectivity index (χ1) is 18.3. The molecule has 0 aliphatic carbocycles. The third-order valence-corrected chi connectivity index (χ3v) is 6.85. The molecule has 1 heterocycles. The molecular weight excluding hydrogens is 516 g/mol. The van der Waals surface area contributed by atoms with Crippen LogP contribution in [0.15, 0.2) is 0 Å². The maximum atomic E-state index is 12.2. The Bertz CT molecular complexity index is 821. The van der Waals surface area contributed by atoms with E-state index in [1.54, 1.807) is 33.4 Å². The molecule has 1 aliphatic heterocycles. The quantitative estimate of drug-likeness (QED) is 0.184. The van der Waals surface area contributed by atoms with Gasteiger partial charge in [-0.15, -0.1) is 0 Å². The molecule has 222 valence electrons. The average Bonchev–Trinajstić information content (AvgIpc) is 2.83. The van der Waals surface area contributed by atoms with Gasteiger partial charge in [0, 0.05) is 71.1 Å². The second-order valence-electron chi connectivity index (χ2n) is 10.0. The van der Waals surface area contributed by atoms with Crippen molar-refractivity contribution < 1.29 is 49.2 Å². The fraction of sp³-hybridized carbons (Fsp3) is 0.760. The highest BCUT2D eigenvalue weighted by Gasteiger charge is 2.30. The zero-order valence-electron chi connectivity index (χ0n) is 22.7. The predicted octanol–water partition coefficient (Wildman–Crippen LogP) is -0.732. The van der Waals surface area contributed by atoms with Crippen LogP contribution in [0.2, 0.25) is 0 Å². The molecule has 0 aromatic rings. The summed E-state index contributed by atoms with van der Waals surface area (Å²) in [7, 11) is 0. The molecule has 14 heteroatoms. The fourth-order valence-corrected chi connectivity index (χ4v) is 4.57. The molecule has 4 N–H and O–H groups in total. The maximum absolute atomic E-state index is 12.2. The zero-order valence-corrected chi connectivity index (χ0v) is 22.7. The molecule has 0 aromatic heterocycles. The Kier molecular flexibility index (Phi) is 15.4. The molecular formula is C25H42N4O10. The van der Waals surface area contributed by atoms with Crippen LogP contribution in [0, 0.1) is 5.92 Å². The number of carboxylic acid groups (broad SMARTS) is 4. The minimum Gasteiger partial charge on any atom is -0.480 e. The molecule has 0 spiro atoms. The molecule has 0 saturated carbocycles. The minimum atomic E-state index is -1.13. The van der Waals surface area contributed by atoms with E-state index >= 15 is 0 Å². The average molecular weight is 559 g/mol. The topological polar surface area (TPSA) is 196 Å². The molecule has 1 aliphatic rings. The molecule has 1 rings (SSSR count). The van der Waals surface area contributed by atoms with Crippen LogP contribution in [0.4, 0.5) is 0 Å². The molecule has 2 unspecified atom stereocenters. The Hall–Kier alpha value is -2.94. The van der Waals surface area contributed by atoms with Crippen molar-refractivity contribution in [3.8, 4) is 0 Å². The summed E-state index contributed by atoms with van der Waals surface area (Å²) in [6.07, 6.45) is 0.835. The lowest BCUT2D eigenvalue weighted by atomic mass is 10.0. The van der Waals surface area contributed by atoms with Crippen LogP contribution in [-0.2, 0) is 28.8 Å². The third kappa shape index (κ3) is 13.1. The van der Waals surface area contributed by atoms with Crippen LogP contribution in [0.5, 0.6) is 0 Å². The largest absolute Gasteiger partial charge is 0.480 e. The number of Topliss-reactive ketones (excluding diaryl/α,β-unsaturated/α-hetero) is 1. The van der Waals surface area contributed by atoms with E-state index < -0.39 is 36.0 Å². The first-order valence-electron chi connectivity index (χ1n) is 13.1. The van der Waals surface area contributed by atoms with Gasteiger partial charge >= 0.3 is 23.9 Å². The van der Waals surface area contributed by atoms with Crippen LogP contribution in [-0.4, -0.2) is 154 Å².